The van der Waals surface area contributed by atoms with E-state index in [1.807, 2.05) is 6.92 Å². The molecule has 0 aromatic heterocycles. The summed E-state index contributed by atoms with van der Waals surface area (Å²) < 4.78 is 5.68. The Balaban J connectivity index is 2.57. The lowest BCUT2D eigenvalue weighted by Crippen LogP contribution is -2.31. The molecule has 2 atom stereocenters. The lowest BCUT2D eigenvalue weighted by atomic mass is 10.1. The van der Waals surface area contributed by atoms with E-state index in [0.717, 1.165) is 6.42 Å². The van der Waals surface area contributed by atoms with Crippen molar-refractivity contribution in [3.8, 4) is 0 Å². The SMILES string of the molecule is CC(C)CC(C)OC(C)C(=O)Nc1ccc(N)cc1Cl. The van der Waals surface area contributed by atoms with E-state index in [2.05, 4.69) is 19.2 Å². The molecule has 0 aliphatic heterocycles. The maximum absolute atomic E-state index is 12.0. The van der Waals surface area contributed by atoms with Crippen LogP contribution < -0.4 is 11.1 Å². The van der Waals surface area contributed by atoms with Gasteiger partial charge in [-0.15, -0.1) is 0 Å². The topological polar surface area (TPSA) is 64.3 Å². The average molecular weight is 299 g/mol. The van der Waals surface area contributed by atoms with Crippen LogP contribution >= 0.6 is 11.6 Å². The molecule has 112 valence electrons. The summed E-state index contributed by atoms with van der Waals surface area (Å²) in [6.45, 7) is 7.95. The lowest BCUT2D eigenvalue weighted by Gasteiger charge is -2.20. The van der Waals surface area contributed by atoms with Crippen LogP contribution in [-0.4, -0.2) is 18.1 Å². The first-order valence-corrected chi connectivity index (χ1v) is 7.18. The van der Waals surface area contributed by atoms with Gasteiger partial charge in [-0.2, -0.15) is 0 Å². The van der Waals surface area contributed by atoms with Crippen LogP contribution in [-0.2, 0) is 9.53 Å². The number of hydrogen-bond acceptors (Lipinski definition) is 3. The van der Waals surface area contributed by atoms with Crippen LogP contribution in [0.5, 0.6) is 0 Å². The molecule has 4 nitrogen and oxygen atoms in total. The molecule has 0 aliphatic carbocycles. The predicted molar refractivity (Wildman–Crippen MR) is 84.0 cm³/mol. The summed E-state index contributed by atoms with van der Waals surface area (Å²) >= 11 is 6.02. The zero-order valence-electron chi connectivity index (χ0n) is 12.4. The van der Waals surface area contributed by atoms with E-state index >= 15 is 0 Å². The van der Waals surface area contributed by atoms with E-state index in [9.17, 15) is 4.79 Å². The zero-order chi connectivity index (χ0) is 15.3. The molecule has 20 heavy (non-hydrogen) atoms. The Hall–Kier alpha value is -1.26. The second-order valence-electron chi connectivity index (χ2n) is 5.45. The third-order valence-corrected chi connectivity index (χ3v) is 3.17. The van der Waals surface area contributed by atoms with Gasteiger partial charge >= 0.3 is 0 Å². The molecule has 1 aromatic carbocycles. The molecular formula is C15H23ClN2O2. The quantitative estimate of drug-likeness (QED) is 0.787. The molecule has 0 saturated heterocycles. The van der Waals surface area contributed by atoms with Gasteiger partial charge in [0.05, 0.1) is 16.8 Å². The summed E-state index contributed by atoms with van der Waals surface area (Å²) in [5, 5.41) is 3.16. The van der Waals surface area contributed by atoms with Crippen LogP contribution in [0, 0.1) is 5.92 Å². The van der Waals surface area contributed by atoms with Gasteiger partial charge in [-0.1, -0.05) is 25.4 Å². The van der Waals surface area contributed by atoms with E-state index in [1.54, 1.807) is 25.1 Å². The number of nitrogen functional groups attached to an aromatic ring is 1. The molecule has 1 rings (SSSR count). The molecule has 1 amide bonds. The molecule has 1 aromatic rings. The first kappa shape index (κ1) is 16.8. The Labute approximate surface area is 125 Å². The summed E-state index contributed by atoms with van der Waals surface area (Å²) in [7, 11) is 0. The van der Waals surface area contributed by atoms with Crippen molar-refractivity contribution < 1.29 is 9.53 Å². The smallest absolute Gasteiger partial charge is 0.253 e. The second kappa shape index (κ2) is 7.50. The minimum Gasteiger partial charge on any atom is -0.399 e. The van der Waals surface area contributed by atoms with Crippen LogP contribution in [0.15, 0.2) is 18.2 Å². The highest BCUT2D eigenvalue weighted by atomic mass is 35.5. The van der Waals surface area contributed by atoms with Crippen LogP contribution in [0.3, 0.4) is 0 Å². The maximum atomic E-state index is 12.0. The Morgan fingerprint density at radius 1 is 1.35 bits per heavy atom. The van der Waals surface area contributed by atoms with E-state index in [-0.39, 0.29) is 12.0 Å². The minimum absolute atomic E-state index is 0.0395. The highest BCUT2D eigenvalue weighted by Crippen LogP contribution is 2.24. The zero-order valence-corrected chi connectivity index (χ0v) is 13.2. The van der Waals surface area contributed by atoms with Gasteiger partial charge in [0.25, 0.3) is 5.91 Å². The van der Waals surface area contributed by atoms with Gasteiger partial charge < -0.3 is 15.8 Å². The molecule has 0 heterocycles. The number of carbonyl (C=O) groups excluding carboxylic acids is 1. The molecule has 2 unspecified atom stereocenters. The molecular weight excluding hydrogens is 276 g/mol. The van der Waals surface area contributed by atoms with E-state index < -0.39 is 6.10 Å². The summed E-state index contributed by atoms with van der Waals surface area (Å²) in [6, 6.07) is 4.97. The first-order chi connectivity index (χ1) is 9.29. The molecule has 0 saturated carbocycles. The van der Waals surface area contributed by atoms with Gasteiger partial charge in [0.1, 0.15) is 6.10 Å². The van der Waals surface area contributed by atoms with E-state index in [1.165, 1.54) is 0 Å². The fraction of sp³-hybridized carbons (Fsp3) is 0.533. The number of ether oxygens (including phenoxy) is 1. The van der Waals surface area contributed by atoms with Gasteiger partial charge in [-0.25, -0.2) is 0 Å². The van der Waals surface area contributed by atoms with Crippen molar-refractivity contribution in [3.63, 3.8) is 0 Å². The third kappa shape index (κ3) is 5.39. The standard InChI is InChI=1S/C15H23ClN2O2/c1-9(2)7-10(3)20-11(4)15(19)18-14-6-5-12(17)8-13(14)16/h5-6,8-11H,7,17H2,1-4H3,(H,18,19). The summed E-state index contributed by atoms with van der Waals surface area (Å²) in [5.74, 6) is 0.319. The van der Waals surface area contributed by atoms with Crippen LogP contribution in [0.4, 0.5) is 11.4 Å². The van der Waals surface area contributed by atoms with Gasteiger partial charge in [0, 0.05) is 5.69 Å². The Morgan fingerprint density at radius 3 is 2.55 bits per heavy atom. The molecule has 0 spiro atoms. The van der Waals surface area contributed by atoms with Crippen molar-refractivity contribution in [2.24, 2.45) is 5.92 Å². The number of nitrogens with two attached hydrogens (primary N) is 1. The normalized spacial score (nSPS) is 14.1. The summed E-state index contributed by atoms with van der Waals surface area (Å²) in [4.78, 5) is 12.0. The number of anilines is 2. The van der Waals surface area contributed by atoms with Crippen LogP contribution in [0.2, 0.25) is 5.02 Å². The van der Waals surface area contributed by atoms with Gasteiger partial charge in [-0.3, -0.25) is 4.79 Å². The van der Waals surface area contributed by atoms with Gasteiger partial charge in [-0.05, 0) is 44.4 Å². The minimum atomic E-state index is -0.530. The Bertz CT molecular complexity index is 463. The van der Waals surface area contributed by atoms with Crippen LogP contribution in [0.1, 0.15) is 34.1 Å². The average Bonchev–Trinajstić information content (AvgIpc) is 2.31. The van der Waals surface area contributed by atoms with Crippen molar-refractivity contribution in [3.05, 3.63) is 23.2 Å². The maximum Gasteiger partial charge on any atom is 0.253 e. The number of benzene rings is 1. The fourth-order valence-corrected chi connectivity index (χ4v) is 2.23. The van der Waals surface area contributed by atoms with Crippen molar-refractivity contribution in [1.82, 2.24) is 0 Å². The highest BCUT2D eigenvalue weighted by molar-refractivity contribution is 6.34. The first-order valence-electron chi connectivity index (χ1n) is 6.81. The largest absolute Gasteiger partial charge is 0.399 e. The number of nitrogens with one attached hydrogen (secondary N) is 1. The molecule has 0 bridgehead atoms. The van der Waals surface area contributed by atoms with Crippen molar-refractivity contribution in [1.29, 1.82) is 0 Å². The number of halogens is 1. The molecule has 0 fully saturated rings. The molecule has 0 radical (unpaired) electrons. The highest BCUT2D eigenvalue weighted by Gasteiger charge is 2.18. The third-order valence-electron chi connectivity index (χ3n) is 2.86. The summed E-state index contributed by atoms with van der Waals surface area (Å²) in [5.41, 5.74) is 6.71. The van der Waals surface area contributed by atoms with Crippen molar-refractivity contribution >= 4 is 28.9 Å². The molecule has 3 N–H and O–H groups in total. The Morgan fingerprint density at radius 2 is 2.00 bits per heavy atom. The summed E-state index contributed by atoms with van der Waals surface area (Å²) in [6.07, 6.45) is 0.426. The fourth-order valence-electron chi connectivity index (χ4n) is 2.00. The lowest BCUT2D eigenvalue weighted by molar-refractivity contribution is -0.129. The van der Waals surface area contributed by atoms with Crippen molar-refractivity contribution in [2.45, 2.75) is 46.3 Å². The van der Waals surface area contributed by atoms with E-state index in [0.29, 0.717) is 22.3 Å². The number of carbonyl (C=O) groups is 1. The van der Waals surface area contributed by atoms with Crippen LogP contribution in [0.25, 0.3) is 0 Å². The van der Waals surface area contributed by atoms with Gasteiger partial charge in [0.2, 0.25) is 0 Å². The number of hydrogen-bond donors (Lipinski definition) is 2. The molecule has 5 heteroatoms. The van der Waals surface area contributed by atoms with E-state index in [4.69, 9.17) is 22.1 Å². The Kier molecular flexibility index (Phi) is 6.30. The van der Waals surface area contributed by atoms with Gasteiger partial charge in [0.15, 0.2) is 0 Å². The monoisotopic (exact) mass is 298 g/mol. The predicted octanol–water partition coefficient (Wildman–Crippen LogP) is 3.70. The molecule has 0 aliphatic rings. The second-order valence-corrected chi connectivity index (χ2v) is 5.85. The number of amides is 1. The number of rotatable bonds is 6. The van der Waals surface area contributed by atoms with Crippen molar-refractivity contribution in [2.75, 3.05) is 11.1 Å².